The van der Waals surface area contributed by atoms with Crippen molar-refractivity contribution in [3.63, 3.8) is 0 Å². The molecule has 28 heavy (non-hydrogen) atoms. The molecule has 0 radical (unpaired) electrons. The molecular formula is C22H27N5O. The van der Waals surface area contributed by atoms with E-state index in [9.17, 15) is 4.79 Å². The van der Waals surface area contributed by atoms with Crippen molar-refractivity contribution in [2.75, 3.05) is 6.54 Å². The van der Waals surface area contributed by atoms with Crippen LogP contribution < -0.4 is 5.56 Å². The topological polar surface area (TPSA) is 66.8 Å². The van der Waals surface area contributed by atoms with Gasteiger partial charge in [0.2, 0.25) is 0 Å². The minimum absolute atomic E-state index is 0.0232. The van der Waals surface area contributed by atoms with Crippen molar-refractivity contribution in [1.29, 1.82) is 0 Å². The summed E-state index contributed by atoms with van der Waals surface area (Å²) in [5, 5.41) is 0. The lowest BCUT2D eigenvalue weighted by Crippen LogP contribution is -2.24. The summed E-state index contributed by atoms with van der Waals surface area (Å²) in [4.78, 5) is 27.0. The van der Waals surface area contributed by atoms with Gasteiger partial charge in [0.05, 0.1) is 12.2 Å². The highest BCUT2D eigenvalue weighted by Crippen LogP contribution is 2.21. The molecule has 1 aliphatic rings. The van der Waals surface area contributed by atoms with Crippen molar-refractivity contribution in [3.05, 3.63) is 69.7 Å². The number of H-pyrrole nitrogens is 1. The van der Waals surface area contributed by atoms with Crippen molar-refractivity contribution in [2.24, 2.45) is 7.05 Å². The summed E-state index contributed by atoms with van der Waals surface area (Å²) < 4.78 is 2.06. The number of hydrogen-bond donors (Lipinski definition) is 1. The third-order valence-corrected chi connectivity index (χ3v) is 5.53. The van der Waals surface area contributed by atoms with Crippen LogP contribution in [-0.4, -0.2) is 31.0 Å². The first kappa shape index (κ1) is 18.6. The van der Waals surface area contributed by atoms with Gasteiger partial charge < -0.3 is 9.55 Å². The molecule has 6 heteroatoms. The van der Waals surface area contributed by atoms with Gasteiger partial charge in [-0.1, -0.05) is 25.1 Å². The average molecular weight is 377 g/mol. The molecule has 6 nitrogen and oxygen atoms in total. The van der Waals surface area contributed by atoms with Gasteiger partial charge in [0, 0.05) is 37.1 Å². The second kappa shape index (κ2) is 8.10. The van der Waals surface area contributed by atoms with E-state index in [2.05, 4.69) is 38.5 Å². The summed E-state index contributed by atoms with van der Waals surface area (Å²) >= 11 is 0. The molecule has 146 valence electrons. The van der Waals surface area contributed by atoms with Crippen LogP contribution in [0.25, 0.3) is 11.4 Å². The average Bonchev–Trinajstić information content (AvgIpc) is 3.12. The molecule has 0 spiro atoms. The van der Waals surface area contributed by atoms with Crippen LogP contribution in [0.2, 0.25) is 0 Å². The summed E-state index contributed by atoms with van der Waals surface area (Å²) in [6, 6.07) is 8.32. The maximum absolute atomic E-state index is 12.5. The van der Waals surface area contributed by atoms with Crippen molar-refractivity contribution < 1.29 is 0 Å². The van der Waals surface area contributed by atoms with E-state index in [0.29, 0.717) is 5.82 Å². The van der Waals surface area contributed by atoms with Crippen molar-refractivity contribution in [3.8, 4) is 11.4 Å². The number of nitrogens with zero attached hydrogens (tertiary/aromatic N) is 4. The van der Waals surface area contributed by atoms with Gasteiger partial charge >= 0.3 is 0 Å². The van der Waals surface area contributed by atoms with Gasteiger partial charge in [-0.3, -0.25) is 9.69 Å². The molecule has 0 fully saturated rings. The quantitative estimate of drug-likeness (QED) is 0.717. The van der Waals surface area contributed by atoms with Crippen LogP contribution in [0.1, 0.15) is 42.4 Å². The highest BCUT2D eigenvalue weighted by Gasteiger charge is 2.16. The molecule has 3 aromatic rings. The summed E-state index contributed by atoms with van der Waals surface area (Å²) in [6.45, 7) is 4.73. The fraction of sp³-hybridized carbons (Fsp3) is 0.409. The Morgan fingerprint density at radius 2 is 2.07 bits per heavy atom. The van der Waals surface area contributed by atoms with Gasteiger partial charge in [-0.15, -0.1) is 0 Å². The Labute approximate surface area is 165 Å². The highest BCUT2D eigenvalue weighted by molar-refractivity contribution is 5.56. The number of fused-ring (bicyclic) bond motifs is 1. The van der Waals surface area contributed by atoms with E-state index in [1.54, 1.807) is 0 Å². The summed E-state index contributed by atoms with van der Waals surface area (Å²) in [6.07, 6.45) is 7.75. The van der Waals surface area contributed by atoms with Crippen LogP contribution >= 0.6 is 0 Å². The lowest BCUT2D eigenvalue weighted by molar-refractivity contribution is 0.262. The minimum atomic E-state index is 0.0232. The third-order valence-electron chi connectivity index (χ3n) is 5.53. The van der Waals surface area contributed by atoms with Crippen LogP contribution in [-0.2, 0) is 33.0 Å². The summed E-state index contributed by atoms with van der Waals surface area (Å²) in [7, 11) is 2.02. The summed E-state index contributed by atoms with van der Waals surface area (Å²) in [5.41, 5.74) is 4.04. The number of rotatable bonds is 6. The van der Waals surface area contributed by atoms with E-state index >= 15 is 0 Å². The molecule has 2 heterocycles. The fourth-order valence-electron chi connectivity index (χ4n) is 3.84. The lowest BCUT2D eigenvalue weighted by atomic mass is 9.97. The first-order valence-corrected chi connectivity index (χ1v) is 10.0. The Kier molecular flexibility index (Phi) is 5.39. The summed E-state index contributed by atoms with van der Waals surface area (Å²) in [5.74, 6) is 1.73. The minimum Gasteiger partial charge on any atom is -0.337 e. The smallest absolute Gasteiger partial charge is 0.254 e. The van der Waals surface area contributed by atoms with E-state index in [4.69, 9.17) is 4.98 Å². The van der Waals surface area contributed by atoms with E-state index in [1.807, 2.05) is 31.6 Å². The maximum Gasteiger partial charge on any atom is 0.254 e. The number of nitrogens with one attached hydrogen (secondary N) is 1. The van der Waals surface area contributed by atoms with Crippen LogP contribution in [0.5, 0.6) is 0 Å². The first-order chi connectivity index (χ1) is 13.6. The van der Waals surface area contributed by atoms with Crippen LogP contribution in [0.15, 0.2) is 41.5 Å². The number of aryl methyl sites for hydroxylation is 2. The van der Waals surface area contributed by atoms with Crippen LogP contribution in [0.4, 0.5) is 0 Å². The largest absolute Gasteiger partial charge is 0.337 e. The van der Waals surface area contributed by atoms with Gasteiger partial charge in [0.25, 0.3) is 5.56 Å². The molecule has 2 aromatic heterocycles. The molecule has 0 atom stereocenters. The number of imidazole rings is 1. The van der Waals surface area contributed by atoms with Crippen molar-refractivity contribution >= 4 is 0 Å². The standard InChI is InChI=1S/C22H27N5O/c1-3-27(15-20-23-11-12-26(20)2)14-16-7-6-8-17(13-16)21-24-19-10-5-4-9-18(19)22(28)25-21/h6-8,11-13H,3-5,9-10,14-15H2,1-2H3,(H,24,25,28). The zero-order valence-electron chi connectivity index (χ0n) is 16.6. The molecule has 4 rings (SSSR count). The predicted octanol–water partition coefficient (Wildman–Crippen LogP) is 3.07. The van der Waals surface area contributed by atoms with Crippen molar-refractivity contribution in [2.45, 2.75) is 45.7 Å². The Bertz CT molecular complexity index is 1020. The normalized spacial score (nSPS) is 13.7. The zero-order chi connectivity index (χ0) is 19.5. The Balaban J connectivity index is 1.57. The van der Waals surface area contributed by atoms with Gasteiger partial charge in [-0.05, 0) is 43.9 Å². The van der Waals surface area contributed by atoms with E-state index in [0.717, 1.165) is 68.0 Å². The predicted molar refractivity (Wildman–Crippen MR) is 110 cm³/mol. The maximum atomic E-state index is 12.5. The Hall–Kier alpha value is -2.73. The number of hydrogen-bond acceptors (Lipinski definition) is 4. The molecule has 1 N–H and O–H groups in total. The monoisotopic (exact) mass is 377 g/mol. The second-order valence-electron chi connectivity index (χ2n) is 7.50. The van der Waals surface area contributed by atoms with Gasteiger partial charge in [0.1, 0.15) is 11.6 Å². The fourth-order valence-corrected chi connectivity index (χ4v) is 3.84. The van der Waals surface area contributed by atoms with Gasteiger partial charge in [-0.25, -0.2) is 9.97 Å². The SMILES string of the molecule is CCN(Cc1cccc(-c2nc3c(c(=O)[nH]2)CCCC3)c1)Cc1nccn1C. The molecule has 0 amide bonds. The lowest BCUT2D eigenvalue weighted by Gasteiger charge is -2.20. The third kappa shape index (κ3) is 3.92. The second-order valence-corrected chi connectivity index (χ2v) is 7.50. The van der Waals surface area contributed by atoms with Gasteiger partial charge in [0.15, 0.2) is 0 Å². The van der Waals surface area contributed by atoms with E-state index in [1.165, 1.54) is 5.56 Å². The molecule has 1 aliphatic carbocycles. The Morgan fingerprint density at radius 1 is 1.21 bits per heavy atom. The Morgan fingerprint density at radius 3 is 2.86 bits per heavy atom. The number of aromatic nitrogens is 4. The molecule has 0 saturated heterocycles. The van der Waals surface area contributed by atoms with Crippen molar-refractivity contribution in [1.82, 2.24) is 24.4 Å². The molecular weight excluding hydrogens is 350 g/mol. The zero-order valence-corrected chi connectivity index (χ0v) is 16.6. The molecule has 1 aromatic carbocycles. The molecule has 0 saturated carbocycles. The van der Waals surface area contributed by atoms with E-state index < -0.39 is 0 Å². The van der Waals surface area contributed by atoms with Crippen LogP contribution in [0, 0.1) is 0 Å². The van der Waals surface area contributed by atoms with Gasteiger partial charge in [-0.2, -0.15) is 0 Å². The van der Waals surface area contributed by atoms with E-state index in [-0.39, 0.29) is 5.56 Å². The molecule has 0 aliphatic heterocycles. The number of aromatic amines is 1. The number of benzene rings is 1. The molecule has 0 unspecified atom stereocenters. The molecule has 0 bridgehead atoms. The highest BCUT2D eigenvalue weighted by atomic mass is 16.1. The van der Waals surface area contributed by atoms with Crippen LogP contribution in [0.3, 0.4) is 0 Å². The first-order valence-electron chi connectivity index (χ1n) is 10.0.